The van der Waals surface area contributed by atoms with Crippen LogP contribution < -0.4 is 10.6 Å². The lowest BCUT2D eigenvalue weighted by atomic mass is 10.3. The van der Waals surface area contributed by atoms with Gasteiger partial charge in [0.15, 0.2) is 5.78 Å². The number of hydrogen-bond acceptors (Lipinski definition) is 5. The van der Waals surface area contributed by atoms with E-state index in [0.29, 0.717) is 10.6 Å². The zero-order valence-corrected chi connectivity index (χ0v) is 12.8. The number of thiophene rings is 1. The van der Waals surface area contributed by atoms with Crippen molar-refractivity contribution < 1.29 is 4.79 Å². The Kier molecular flexibility index (Phi) is 4.22. The van der Waals surface area contributed by atoms with Crippen molar-refractivity contribution in [2.75, 3.05) is 30.0 Å². The molecular weight excluding hydrogens is 264 g/mol. The lowest BCUT2D eigenvalue weighted by Gasteiger charge is -2.22. The number of nitrogen functional groups attached to an aromatic ring is 1. The molecule has 0 amide bonds. The third-order valence-corrected chi connectivity index (χ3v) is 5.57. The largest absolute Gasteiger partial charge is 0.396 e. The van der Waals surface area contributed by atoms with Gasteiger partial charge in [-0.3, -0.25) is 4.79 Å². The Morgan fingerprint density at radius 3 is 2.67 bits per heavy atom. The number of carbonyl (C=O) groups is 1. The maximum absolute atomic E-state index is 11.6. The van der Waals surface area contributed by atoms with Gasteiger partial charge >= 0.3 is 0 Å². The molecule has 3 nitrogen and oxygen atoms in total. The summed E-state index contributed by atoms with van der Waals surface area (Å²) in [6.45, 7) is 5.83. The summed E-state index contributed by atoms with van der Waals surface area (Å²) in [5, 5.41) is 1.18. The van der Waals surface area contributed by atoms with Crippen LogP contribution in [0.4, 0.5) is 10.7 Å². The van der Waals surface area contributed by atoms with E-state index < -0.39 is 0 Å². The molecule has 0 unspecified atom stereocenters. The topological polar surface area (TPSA) is 46.3 Å². The minimum atomic E-state index is 0.0709. The van der Waals surface area contributed by atoms with Crippen molar-refractivity contribution in [3.05, 3.63) is 4.88 Å². The summed E-state index contributed by atoms with van der Waals surface area (Å²) in [6.07, 6.45) is 4.70. The third kappa shape index (κ3) is 2.67. The molecule has 0 spiro atoms. The van der Waals surface area contributed by atoms with Gasteiger partial charge in [0.25, 0.3) is 0 Å². The predicted octanol–water partition coefficient (Wildman–Crippen LogP) is 3.49. The number of nitrogens with zero attached hydrogens (tertiary/aromatic N) is 1. The number of rotatable bonds is 6. The van der Waals surface area contributed by atoms with Crippen molar-refractivity contribution in [3.63, 3.8) is 0 Å². The van der Waals surface area contributed by atoms with Crippen molar-refractivity contribution in [2.45, 2.75) is 31.6 Å². The van der Waals surface area contributed by atoms with Crippen LogP contribution in [0.2, 0.25) is 0 Å². The molecule has 1 fully saturated rings. The van der Waals surface area contributed by atoms with Gasteiger partial charge in [0.1, 0.15) is 5.00 Å². The fraction of sp³-hybridized carbons (Fsp3) is 0.615. The first-order chi connectivity index (χ1) is 8.58. The first-order valence-electron chi connectivity index (χ1n) is 6.30. The molecule has 100 valence electrons. The Morgan fingerprint density at radius 2 is 2.22 bits per heavy atom. The van der Waals surface area contributed by atoms with Gasteiger partial charge in [-0.2, -0.15) is 0 Å². The van der Waals surface area contributed by atoms with Crippen molar-refractivity contribution >= 4 is 39.6 Å². The van der Waals surface area contributed by atoms with E-state index in [9.17, 15) is 4.79 Å². The highest BCUT2D eigenvalue weighted by molar-refractivity contribution is 7.99. The van der Waals surface area contributed by atoms with Gasteiger partial charge in [-0.15, -0.1) is 23.1 Å². The van der Waals surface area contributed by atoms with E-state index in [4.69, 9.17) is 5.73 Å². The average molecular weight is 284 g/mol. The summed E-state index contributed by atoms with van der Waals surface area (Å²) in [7, 11) is 0. The third-order valence-electron chi connectivity index (χ3n) is 3.25. The number of thioether (sulfide) groups is 1. The highest BCUT2D eigenvalue weighted by Crippen LogP contribution is 2.45. The standard InChI is InChI=1S/C13H20N2OS2/c1-4-15(7-9-5-6-9)13-12(17-3)10(14)11(18-13)8(2)16/h9H,4-7,14H2,1-3H3. The van der Waals surface area contributed by atoms with Crippen LogP contribution in [0, 0.1) is 5.92 Å². The molecule has 0 bridgehead atoms. The Hall–Kier alpha value is -0.680. The summed E-state index contributed by atoms with van der Waals surface area (Å²) in [4.78, 5) is 15.8. The van der Waals surface area contributed by atoms with E-state index in [1.807, 2.05) is 6.26 Å². The summed E-state index contributed by atoms with van der Waals surface area (Å²) < 4.78 is 0. The first kappa shape index (κ1) is 13.7. The summed E-state index contributed by atoms with van der Waals surface area (Å²) in [6, 6.07) is 0. The maximum Gasteiger partial charge on any atom is 0.171 e. The molecule has 1 aromatic rings. The SMILES string of the molecule is CCN(CC1CC1)c1sc(C(C)=O)c(N)c1SC. The van der Waals surface area contributed by atoms with Crippen LogP contribution in [-0.4, -0.2) is 25.1 Å². The van der Waals surface area contributed by atoms with E-state index >= 15 is 0 Å². The average Bonchev–Trinajstić information content (AvgIpc) is 3.09. The second-order valence-corrected chi connectivity index (χ2v) is 6.54. The van der Waals surface area contributed by atoms with Gasteiger partial charge in [0, 0.05) is 20.0 Å². The van der Waals surface area contributed by atoms with Gasteiger partial charge in [-0.1, -0.05) is 0 Å². The van der Waals surface area contributed by atoms with Gasteiger partial charge in [-0.25, -0.2) is 0 Å². The molecule has 1 aliphatic rings. The molecule has 1 aliphatic carbocycles. The Bertz CT molecular complexity index is 452. The van der Waals surface area contributed by atoms with E-state index in [1.165, 1.54) is 17.8 Å². The van der Waals surface area contributed by atoms with E-state index in [1.54, 1.807) is 30.0 Å². The smallest absolute Gasteiger partial charge is 0.171 e. The minimum absolute atomic E-state index is 0.0709. The van der Waals surface area contributed by atoms with Crippen molar-refractivity contribution in [3.8, 4) is 0 Å². The van der Waals surface area contributed by atoms with Crippen LogP contribution in [0.5, 0.6) is 0 Å². The normalized spacial score (nSPS) is 14.8. The molecule has 2 N–H and O–H groups in total. The number of hydrogen-bond donors (Lipinski definition) is 1. The van der Waals surface area contributed by atoms with Crippen LogP contribution in [0.25, 0.3) is 0 Å². The van der Waals surface area contributed by atoms with E-state index in [-0.39, 0.29) is 5.78 Å². The molecule has 0 aliphatic heterocycles. The summed E-state index contributed by atoms with van der Waals surface area (Å²) in [5.41, 5.74) is 6.77. The number of carbonyl (C=O) groups excluding carboxylic acids is 1. The monoisotopic (exact) mass is 284 g/mol. The van der Waals surface area contributed by atoms with Gasteiger partial charge in [-0.05, 0) is 31.9 Å². The molecule has 0 saturated heterocycles. The van der Waals surface area contributed by atoms with Gasteiger partial charge < -0.3 is 10.6 Å². The summed E-state index contributed by atoms with van der Waals surface area (Å²) in [5.74, 6) is 0.908. The Balaban J connectivity index is 2.34. The predicted molar refractivity (Wildman–Crippen MR) is 81.1 cm³/mol. The highest BCUT2D eigenvalue weighted by atomic mass is 32.2. The summed E-state index contributed by atoms with van der Waals surface area (Å²) >= 11 is 3.19. The molecule has 1 aromatic heterocycles. The molecule has 0 radical (unpaired) electrons. The molecule has 1 heterocycles. The molecule has 2 rings (SSSR count). The quantitative estimate of drug-likeness (QED) is 0.641. The first-order valence-corrected chi connectivity index (χ1v) is 8.34. The fourth-order valence-electron chi connectivity index (χ4n) is 2.05. The van der Waals surface area contributed by atoms with E-state index in [2.05, 4.69) is 11.8 Å². The van der Waals surface area contributed by atoms with Crippen molar-refractivity contribution in [1.29, 1.82) is 0 Å². The highest BCUT2D eigenvalue weighted by Gasteiger charge is 2.27. The minimum Gasteiger partial charge on any atom is -0.396 e. The van der Waals surface area contributed by atoms with Crippen LogP contribution in [0.15, 0.2) is 4.90 Å². The van der Waals surface area contributed by atoms with Gasteiger partial charge in [0.2, 0.25) is 0 Å². The maximum atomic E-state index is 11.6. The second kappa shape index (κ2) is 5.53. The zero-order valence-electron chi connectivity index (χ0n) is 11.2. The number of nitrogens with two attached hydrogens (primary N) is 1. The number of Topliss-reactive ketones (excluding diaryl/α,β-unsaturated/α-hetero) is 1. The molecular formula is C13H20N2OS2. The number of anilines is 2. The molecule has 0 aromatic carbocycles. The molecule has 1 saturated carbocycles. The Morgan fingerprint density at radius 1 is 1.56 bits per heavy atom. The van der Waals surface area contributed by atoms with Crippen LogP contribution in [0.1, 0.15) is 36.4 Å². The van der Waals surface area contributed by atoms with Crippen LogP contribution in [-0.2, 0) is 0 Å². The van der Waals surface area contributed by atoms with Crippen LogP contribution >= 0.6 is 23.1 Å². The number of ketones is 1. The Labute approximate surface area is 117 Å². The lowest BCUT2D eigenvalue weighted by molar-refractivity contribution is 0.102. The van der Waals surface area contributed by atoms with E-state index in [0.717, 1.165) is 23.9 Å². The molecule has 0 atom stereocenters. The lowest BCUT2D eigenvalue weighted by Crippen LogP contribution is -2.24. The second-order valence-electron chi connectivity index (χ2n) is 4.72. The molecule has 18 heavy (non-hydrogen) atoms. The van der Waals surface area contributed by atoms with Gasteiger partial charge in [0.05, 0.1) is 15.5 Å². The van der Waals surface area contributed by atoms with Crippen molar-refractivity contribution in [1.82, 2.24) is 0 Å². The zero-order chi connectivity index (χ0) is 13.3. The van der Waals surface area contributed by atoms with Crippen LogP contribution in [0.3, 0.4) is 0 Å². The van der Waals surface area contributed by atoms with Crippen molar-refractivity contribution in [2.24, 2.45) is 5.92 Å². The molecule has 5 heteroatoms. The fourth-order valence-corrected chi connectivity index (χ4v) is 4.20.